The summed E-state index contributed by atoms with van der Waals surface area (Å²) in [4.78, 5) is 25.4. The molecule has 2 fully saturated rings. The Morgan fingerprint density at radius 1 is 1.00 bits per heavy atom. The van der Waals surface area contributed by atoms with Crippen molar-refractivity contribution in [1.29, 1.82) is 0 Å². The fraction of sp³-hybridized carbons (Fsp3) is 0.517. The molecule has 0 spiro atoms. The summed E-state index contributed by atoms with van der Waals surface area (Å²) < 4.78 is 16.5. The van der Waals surface area contributed by atoms with Crippen LogP contribution in [0.15, 0.2) is 48.5 Å². The molecule has 2 aromatic carbocycles. The second kappa shape index (κ2) is 11.7. The van der Waals surface area contributed by atoms with E-state index in [0.717, 1.165) is 23.5 Å². The first kappa shape index (κ1) is 25.2. The molecule has 2 aromatic rings. The van der Waals surface area contributed by atoms with E-state index in [1.807, 2.05) is 43.3 Å². The van der Waals surface area contributed by atoms with Gasteiger partial charge in [-0.25, -0.2) is 4.79 Å². The smallest absolute Gasteiger partial charge is 0.337 e. The van der Waals surface area contributed by atoms with Crippen molar-refractivity contribution < 1.29 is 23.8 Å². The van der Waals surface area contributed by atoms with E-state index in [4.69, 9.17) is 14.2 Å². The second-order valence-corrected chi connectivity index (χ2v) is 9.84. The number of nitrogens with one attached hydrogen (secondary N) is 1. The number of esters is 1. The van der Waals surface area contributed by atoms with Gasteiger partial charge in [-0.1, -0.05) is 43.5 Å². The van der Waals surface area contributed by atoms with Crippen molar-refractivity contribution >= 4 is 11.9 Å². The Labute approximate surface area is 208 Å². The highest BCUT2D eigenvalue weighted by Gasteiger charge is 2.42. The van der Waals surface area contributed by atoms with E-state index in [-0.39, 0.29) is 17.9 Å². The van der Waals surface area contributed by atoms with Crippen molar-refractivity contribution in [2.24, 2.45) is 5.92 Å². The van der Waals surface area contributed by atoms with Crippen LogP contribution in [0.25, 0.3) is 0 Å². The number of hydrogen-bond donors (Lipinski definition) is 1. The van der Waals surface area contributed by atoms with Crippen LogP contribution in [-0.2, 0) is 19.7 Å². The molecule has 6 nitrogen and oxygen atoms in total. The van der Waals surface area contributed by atoms with Gasteiger partial charge in [0.1, 0.15) is 5.75 Å². The molecule has 2 aliphatic rings. The molecule has 1 heterocycles. The molecule has 1 saturated heterocycles. The van der Waals surface area contributed by atoms with E-state index in [1.54, 1.807) is 12.1 Å². The third-order valence-electron chi connectivity index (χ3n) is 7.58. The molecule has 35 heavy (non-hydrogen) atoms. The summed E-state index contributed by atoms with van der Waals surface area (Å²) in [5.74, 6) is 1.14. The molecule has 1 aliphatic heterocycles. The number of carbonyl (C=O) groups is 2. The molecular weight excluding hydrogens is 442 g/mol. The third kappa shape index (κ3) is 6.04. The van der Waals surface area contributed by atoms with E-state index in [9.17, 15) is 9.59 Å². The summed E-state index contributed by atoms with van der Waals surface area (Å²) in [7, 11) is 1.36. The van der Waals surface area contributed by atoms with Crippen LogP contribution in [0.5, 0.6) is 5.75 Å². The molecule has 4 rings (SSSR count). The molecule has 1 saturated carbocycles. The van der Waals surface area contributed by atoms with Gasteiger partial charge in [-0.3, -0.25) is 4.79 Å². The van der Waals surface area contributed by atoms with Crippen molar-refractivity contribution in [1.82, 2.24) is 5.32 Å². The van der Waals surface area contributed by atoms with Crippen LogP contribution in [0.1, 0.15) is 79.4 Å². The number of carbonyl (C=O) groups excluding carboxylic acids is 2. The maximum absolute atomic E-state index is 13.7. The van der Waals surface area contributed by atoms with Crippen molar-refractivity contribution in [3.8, 4) is 5.75 Å². The largest absolute Gasteiger partial charge is 0.493 e. The fourth-order valence-electron chi connectivity index (χ4n) is 5.25. The molecule has 1 amide bonds. The van der Waals surface area contributed by atoms with Crippen LogP contribution in [0.3, 0.4) is 0 Å². The van der Waals surface area contributed by atoms with Gasteiger partial charge in [-0.2, -0.15) is 0 Å². The summed E-state index contributed by atoms with van der Waals surface area (Å²) >= 11 is 0. The minimum Gasteiger partial charge on any atom is -0.493 e. The Morgan fingerprint density at radius 3 is 2.29 bits per heavy atom. The number of ether oxygens (including phenoxy) is 3. The zero-order valence-corrected chi connectivity index (χ0v) is 20.9. The number of rotatable bonds is 8. The Hall–Kier alpha value is -2.86. The van der Waals surface area contributed by atoms with Crippen molar-refractivity contribution in [2.45, 2.75) is 63.3 Å². The van der Waals surface area contributed by atoms with Gasteiger partial charge < -0.3 is 19.5 Å². The second-order valence-electron chi connectivity index (χ2n) is 9.84. The quantitative estimate of drug-likeness (QED) is 0.516. The SMILES string of the molecule is COC(=O)c1ccc([C@H](C)NC(=O)C2(c3ccc(OCC4CCCCC4)cc3)CCOCC2)cc1. The summed E-state index contributed by atoms with van der Waals surface area (Å²) in [5.41, 5.74) is 1.78. The molecular formula is C29H37NO5. The lowest BCUT2D eigenvalue weighted by Gasteiger charge is -2.37. The Morgan fingerprint density at radius 2 is 1.66 bits per heavy atom. The average Bonchev–Trinajstić information content (AvgIpc) is 2.92. The number of benzene rings is 2. The maximum Gasteiger partial charge on any atom is 0.337 e. The lowest BCUT2D eigenvalue weighted by atomic mass is 9.73. The summed E-state index contributed by atoms with van der Waals surface area (Å²) in [6.07, 6.45) is 7.73. The first-order chi connectivity index (χ1) is 17.0. The summed E-state index contributed by atoms with van der Waals surface area (Å²) in [5, 5.41) is 3.21. The molecule has 1 N–H and O–H groups in total. The number of methoxy groups -OCH3 is 1. The first-order valence-electron chi connectivity index (χ1n) is 12.8. The highest BCUT2D eigenvalue weighted by Crippen LogP contribution is 2.37. The van der Waals surface area contributed by atoms with E-state index >= 15 is 0 Å². The van der Waals surface area contributed by atoms with E-state index in [1.165, 1.54) is 39.2 Å². The highest BCUT2D eigenvalue weighted by atomic mass is 16.5. The third-order valence-corrected chi connectivity index (χ3v) is 7.58. The van der Waals surface area contributed by atoms with Gasteiger partial charge in [0.05, 0.1) is 30.7 Å². The predicted molar refractivity (Wildman–Crippen MR) is 135 cm³/mol. The molecule has 0 unspecified atom stereocenters. The van der Waals surface area contributed by atoms with Gasteiger partial charge in [-0.15, -0.1) is 0 Å². The topological polar surface area (TPSA) is 73.9 Å². The predicted octanol–water partition coefficient (Wildman–Crippen LogP) is 5.36. The van der Waals surface area contributed by atoms with Crippen LogP contribution >= 0.6 is 0 Å². The van der Waals surface area contributed by atoms with Gasteiger partial charge in [-0.05, 0) is 73.9 Å². The average molecular weight is 480 g/mol. The molecule has 1 atom stereocenters. The zero-order chi connectivity index (χ0) is 24.7. The van der Waals surface area contributed by atoms with E-state index in [0.29, 0.717) is 37.5 Å². The minimum atomic E-state index is -0.639. The maximum atomic E-state index is 13.7. The molecule has 6 heteroatoms. The molecule has 0 aromatic heterocycles. The monoisotopic (exact) mass is 479 g/mol. The Balaban J connectivity index is 1.44. The zero-order valence-electron chi connectivity index (χ0n) is 20.9. The van der Waals surface area contributed by atoms with Crippen LogP contribution in [-0.4, -0.2) is 38.8 Å². The summed E-state index contributed by atoms with van der Waals surface area (Å²) in [6, 6.07) is 15.0. The number of amides is 1. The molecule has 188 valence electrons. The lowest BCUT2D eigenvalue weighted by molar-refractivity contribution is -0.131. The van der Waals surface area contributed by atoms with E-state index < -0.39 is 5.41 Å². The first-order valence-corrected chi connectivity index (χ1v) is 12.8. The van der Waals surface area contributed by atoms with Gasteiger partial charge in [0, 0.05) is 13.2 Å². The number of hydrogen-bond acceptors (Lipinski definition) is 5. The van der Waals surface area contributed by atoms with Crippen LogP contribution in [0.2, 0.25) is 0 Å². The van der Waals surface area contributed by atoms with Crippen LogP contribution in [0.4, 0.5) is 0 Å². The van der Waals surface area contributed by atoms with Crippen molar-refractivity contribution in [3.63, 3.8) is 0 Å². The van der Waals surface area contributed by atoms with Gasteiger partial charge in [0.15, 0.2) is 0 Å². The van der Waals surface area contributed by atoms with Crippen molar-refractivity contribution in [2.75, 3.05) is 26.9 Å². The molecule has 1 aliphatic carbocycles. The van der Waals surface area contributed by atoms with Crippen LogP contribution < -0.4 is 10.1 Å². The Bertz CT molecular complexity index is 973. The highest BCUT2D eigenvalue weighted by molar-refractivity contribution is 5.90. The molecule has 0 radical (unpaired) electrons. The van der Waals surface area contributed by atoms with Gasteiger partial charge >= 0.3 is 5.97 Å². The standard InChI is InChI=1S/C29H37NO5/c1-21(23-8-10-24(11-9-23)27(31)33-2)30-28(32)29(16-18-34-19-17-29)25-12-14-26(15-13-25)35-20-22-6-4-3-5-7-22/h8-15,21-22H,3-7,16-20H2,1-2H3,(H,30,32)/t21-/m0/s1. The minimum absolute atomic E-state index is 0.00113. The fourth-order valence-corrected chi connectivity index (χ4v) is 5.25. The Kier molecular flexibility index (Phi) is 8.45. The van der Waals surface area contributed by atoms with Gasteiger partial charge in [0.25, 0.3) is 0 Å². The van der Waals surface area contributed by atoms with Crippen LogP contribution in [0, 0.1) is 5.92 Å². The normalized spacial score (nSPS) is 18.9. The van der Waals surface area contributed by atoms with Gasteiger partial charge in [0.2, 0.25) is 5.91 Å². The lowest BCUT2D eigenvalue weighted by Crippen LogP contribution is -2.48. The van der Waals surface area contributed by atoms with Crippen molar-refractivity contribution in [3.05, 3.63) is 65.2 Å². The molecule has 0 bridgehead atoms. The summed E-state index contributed by atoms with van der Waals surface area (Å²) in [6.45, 7) is 3.83. The van der Waals surface area contributed by atoms with E-state index in [2.05, 4.69) is 5.32 Å².